The normalized spacial score (nSPS) is 15.2. The number of fused-ring (bicyclic) bond motifs is 1. The number of aromatic nitrogens is 3. The Labute approximate surface area is 188 Å². The topological polar surface area (TPSA) is 109 Å². The van der Waals surface area contributed by atoms with Gasteiger partial charge in [-0.25, -0.2) is 9.50 Å². The van der Waals surface area contributed by atoms with Crippen molar-refractivity contribution in [1.82, 2.24) is 19.3 Å². The summed E-state index contributed by atoms with van der Waals surface area (Å²) in [4.78, 5) is 17.2. The van der Waals surface area contributed by atoms with Gasteiger partial charge in [-0.15, -0.1) is 0 Å². The summed E-state index contributed by atoms with van der Waals surface area (Å²) in [7, 11) is -3.57. The van der Waals surface area contributed by atoms with Crippen molar-refractivity contribution in [2.45, 2.75) is 0 Å². The maximum Gasteiger partial charge on any atom is 0.301 e. The second-order valence-corrected chi connectivity index (χ2v) is 9.20. The number of halogens is 1. The zero-order valence-electron chi connectivity index (χ0n) is 16.6. The number of rotatable bonds is 4. The molecule has 3 heterocycles. The predicted molar refractivity (Wildman–Crippen MR) is 122 cm³/mol. The van der Waals surface area contributed by atoms with E-state index in [-0.39, 0.29) is 10.6 Å². The SMILES string of the molecule is O=C(Nc1cccc(-c2ncnn3cccc23)c1)c1ccc(N2CCNS2(=O)=O)cc1Cl. The number of nitrogens with one attached hydrogen (secondary N) is 2. The Morgan fingerprint density at radius 2 is 2.00 bits per heavy atom. The Kier molecular flexibility index (Phi) is 5.04. The zero-order valence-corrected chi connectivity index (χ0v) is 18.1. The van der Waals surface area contributed by atoms with Gasteiger partial charge in [-0.05, 0) is 42.5 Å². The van der Waals surface area contributed by atoms with Crippen LogP contribution >= 0.6 is 11.6 Å². The molecule has 0 spiro atoms. The fraction of sp³-hybridized carbons (Fsp3) is 0.0952. The van der Waals surface area contributed by atoms with E-state index in [0.717, 1.165) is 16.8 Å². The highest BCUT2D eigenvalue weighted by atomic mass is 35.5. The Hall–Kier alpha value is -3.47. The Morgan fingerprint density at radius 1 is 1.12 bits per heavy atom. The molecule has 2 aromatic heterocycles. The van der Waals surface area contributed by atoms with Gasteiger partial charge < -0.3 is 5.32 Å². The molecule has 2 aromatic carbocycles. The van der Waals surface area contributed by atoms with Crippen LogP contribution in [0.25, 0.3) is 16.8 Å². The largest absolute Gasteiger partial charge is 0.322 e. The summed E-state index contributed by atoms with van der Waals surface area (Å²) < 4.78 is 29.4. The van der Waals surface area contributed by atoms with Crippen LogP contribution in [0.15, 0.2) is 67.1 Å². The summed E-state index contributed by atoms with van der Waals surface area (Å²) >= 11 is 6.32. The lowest BCUT2D eigenvalue weighted by Crippen LogP contribution is -2.29. The number of hydrogen-bond acceptors (Lipinski definition) is 5. The minimum absolute atomic E-state index is 0.156. The van der Waals surface area contributed by atoms with E-state index >= 15 is 0 Å². The third-order valence-corrected chi connectivity index (χ3v) is 6.96. The van der Waals surface area contributed by atoms with Crippen LogP contribution in [0, 0.1) is 0 Å². The summed E-state index contributed by atoms with van der Waals surface area (Å²) in [5.74, 6) is -0.406. The van der Waals surface area contributed by atoms with E-state index in [1.807, 2.05) is 36.5 Å². The van der Waals surface area contributed by atoms with Gasteiger partial charge in [0.05, 0.1) is 27.5 Å². The van der Waals surface area contributed by atoms with Gasteiger partial charge >= 0.3 is 10.2 Å². The van der Waals surface area contributed by atoms with Crippen molar-refractivity contribution in [3.63, 3.8) is 0 Å². The first-order valence-electron chi connectivity index (χ1n) is 9.69. The highest BCUT2D eigenvalue weighted by Gasteiger charge is 2.28. The van der Waals surface area contributed by atoms with Crippen molar-refractivity contribution in [3.8, 4) is 11.3 Å². The zero-order chi connectivity index (χ0) is 22.3. The van der Waals surface area contributed by atoms with E-state index in [9.17, 15) is 13.2 Å². The van der Waals surface area contributed by atoms with Crippen LogP contribution in [0.4, 0.5) is 11.4 Å². The molecule has 162 valence electrons. The lowest BCUT2D eigenvalue weighted by molar-refractivity contribution is 0.102. The number of nitrogens with zero attached hydrogens (tertiary/aromatic N) is 4. The molecule has 1 fully saturated rings. The van der Waals surface area contributed by atoms with Gasteiger partial charge in [0.1, 0.15) is 6.33 Å². The van der Waals surface area contributed by atoms with Crippen LogP contribution in [0.5, 0.6) is 0 Å². The number of carbonyl (C=O) groups excluding carboxylic acids is 1. The molecule has 0 atom stereocenters. The van der Waals surface area contributed by atoms with E-state index in [2.05, 4.69) is 20.1 Å². The molecule has 4 aromatic rings. The van der Waals surface area contributed by atoms with Crippen LogP contribution in [0.2, 0.25) is 5.02 Å². The molecule has 1 amide bonds. The Morgan fingerprint density at radius 3 is 2.78 bits per heavy atom. The third kappa shape index (κ3) is 3.68. The maximum atomic E-state index is 12.8. The second kappa shape index (κ2) is 7.90. The van der Waals surface area contributed by atoms with Crippen molar-refractivity contribution in [3.05, 3.63) is 77.7 Å². The average molecular weight is 469 g/mol. The predicted octanol–water partition coefficient (Wildman–Crippen LogP) is 2.96. The highest BCUT2D eigenvalue weighted by molar-refractivity contribution is 7.91. The standard InChI is InChI=1S/C21H17ClN6O3S/c22-18-12-16(28-10-8-25-32(28,30)31)6-7-17(18)21(29)26-15-4-1-3-14(11-15)20-19-5-2-9-27(19)24-13-23-20/h1-7,9,11-13,25H,8,10H2,(H,26,29). The maximum absolute atomic E-state index is 12.8. The summed E-state index contributed by atoms with van der Waals surface area (Å²) in [6.07, 6.45) is 3.31. The molecular weight excluding hydrogens is 452 g/mol. The Bertz CT molecular complexity index is 1450. The number of hydrogen-bond donors (Lipinski definition) is 2. The van der Waals surface area contributed by atoms with Crippen molar-refractivity contribution in [2.75, 3.05) is 22.7 Å². The van der Waals surface area contributed by atoms with Crippen LogP contribution in [0.1, 0.15) is 10.4 Å². The van der Waals surface area contributed by atoms with E-state index in [1.165, 1.54) is 22.8 Å². The average Bonchev–Trinajstić information content (AvgIpc) is 3.39. The van der Waals surface area contributed by atoms with Crippen LogP contribution < -0.4 is 14.3 Å². The van der Waals surface area contributed by atoms with Crippen LogP contribution in [-0.2, 0) is 10.2 Å². The third-order valence-electron chi connectivity index (χ3n) is 5.10. The molecule has 1 saturated heterocycles. The molecular formula is C21H17ClN6O3S. The summed E-state index contributed by atoms with van der Waals surface area (Å²) in [6, 6.07) is 15.7. The number of amides is 1. The van der Waals surface area contributed by atoms with Crippen molar-refractivity contribution in [2.24, 2.45) is 0 Å². The van der Waals surface area contributed by atoms with E-state index in [4.69, 9.17) is 11.6 Å². The van der Waals surface area contributed by atoms with E-state index in [0.29, 0.717) is 24.5 Å². The molecule has 1 aliphatic rings. The quantitative estimate of drug-likeness (QED) is 0.478. The van der Waals surface area contributed by atoms with Crippen LogP contribution in [0.3, 0.4) is 0 Å². The number of carbonyl (C=O) groups is 1. The fourth-order valence-electron chi connectivity index (χ4n) is 3.62. The van der Waals surface area contributed by atoms with Gasteiger partial charge in [-0.3, -0.25) is 9.10 Å². The van der Waals surface area contributed by atoms with Gasteiger partial charge in [0.15, 0.2) is 0 Å². The molecule has 11 heteroatoms. The minimum Gasteiger partial charge on any atom is -0.322 e. The van der Waals surface area contributed by atoms with E-state index < -0.39 is 16.1 Å². The molecule has 0 aliphatic carbocycles. The highest BCUT2D eigenvalue weighted by Crippen LogP contribution is 2.28. The van der Waals surface area contributed by atoms with Crippen molar-refractivity contribution in [1.29, 1.82) is 0 Å². The summed E-state index contributed by atoms with van der Waals surface area (Å²) in [5.41, 5.74) is 3.62. The Balaban J connectivity index is 1.40. The molecule has 0 unspecified atom stereocenters. The van der Waals surface area contributed by atoms with Crippen LogP contribution in [-0.4, -0.2) is 42.0 Å². The molecule has 9 nitrogen and oxygen atoms in total. The lowest BCUT2D eigenvalue weighted by Gasteiger charge is -2.17. The van der Waals surface area contributed by atoms with Crippen molar-refractivity contribution >= 4 is 44.6 Å². The first-order chi connectivity index (χ1) is 15.4. The van der Waals surface area contributed by atoms with Gasteiger partial charge in [0, 0.05) is 30.5 Å². The number of anilines is 2. The molecule has 5 rings (SSSR count). The van der Waals surface area contributed by atoms with Crippen molar-refractivity contribution < 1.29 is 13.2 Å². The van der Waals surface area contributed by atoms with Gasteiger partial charge in [0.25, 0.3) is 5.91 Å². The number of benzene rings is 2. The molecule has 0 saturated carbocycles. The molecule has 2 N–H and O–H groups in total. The lowest BCUT2D eigenvalue weighted by atomic mass is 10.1. The fourth-order valence-corrected chi connectivity index (χ4v) is 5.10. The summed E-state index contributed by atoms with van der Waals surface area (Å²) in [6.45, 7) is 0.620. The molecule has 1 aliphatic heterocycles. The first kappa shape index (κ1) is 20.4. The smallest absolute Gasteiger partial charge is 0.301 e. The molecule has 0 radical (unpaired) electrons. The molecule has 32 heavy (non-hydrogen) atoms. The van der Waals surface area contributed by atoms with E-state index in [1.54, 1.807) is 16.6 Å². The van der Waals surface area contributed by atoms with Gasteiger partial charge in [0.2, 0.25) is 0 Å². The minimum atomic E-state index is -3.57. The monoisotopic (exact) mass is 468 g/mol. The molecule has 0 bridgehead atoms. The second-order valence-electron chi connectivity index (χ2n) is 7.12. The van der Waals surface area contributed by atoms with Gasteiger partial charge in [-0.2, -0.15) is 18.2 Å². The summed E-state index contributed by atoms with van der Waals surface area (Å²) in [5, 5.41) is 7.16. The van der Waals surface area contributed by atoms with Gasteiger partial charge in [-0.1, -0.05) is 23.7 Å². The first-order valence-corrected chi connectivity index (χ1v) is 11.5.